The first-order chi connectivity index (χ1) is 11.2. The minimum atomic E-state index is -5.11. The molecule has 0 radical (unpaired) electrons. The van der Waals surface area contributed by atoms with Gasteiger partial charge in [0.25, 0.3) is 0 Å². The number of alkyl halides is 3. The molecule has 0 fully saturated rings. The average molecular weight is 342 g/mol. The molecule has 128 valence electrons. The number of hydrogen-bond acceptors (Lipinski definition) is 3. The number of benzene rings is 1. The second-order valence-corrected chi connectivity index (χ2v) is 5.75. The Morgan fingerprint density at radius 1 is 1.25 bits per heavy atom. The number of carbonyl (C=O) groups is 3. The van der Waals surface area contributed by atoms with Crippen LogP contribution in [0, 0.1) is 0 Å². The molecule has 2 unspecified atom stereocenters. The molecule has 2 heterocycles. The predicted molar refractivity (Wildman–Crippen MR) is 75.4 cm³/mol. The van der Waals surface area contributed by atoms with Crippen LogP contribution in [0.3, 0.4) is 0 Å². The summed E-state index contributed by atoms with van der Waals surface area (Å²) >= 11 is 0. The fraction of sp³-hybridized carbons (Fsp3) is 0.400. The van der Waals surface area contributed by atoms with E-state index in [9.17, 15) is 32.7 Å². The number of amides is 2. The Hall–Kier alpha value is -2.58. The lowest BCUT2D eigenvalue weighted by Crippen LogP contribution is -2.54. The predicted octanol–water partition coefficient (Wildman–Crippen LogP) is 1.02. The molecule has 0 saturated carbocycles. The fourth-order valence-corrected chi connectivity index (χ4v) is 3.20. The molecule has 3 rings (SSSR count). The molecule has 0 saturated heterocycles. The molecule has 1 aromatic rings. The summed E-state index contributed by atoms with van der Waals surface area (Å²) in [5, 5.41) is 11.0. The molecular formula is C15H13F3N2O4. The van der Waals surface area contributed by atoms with E-state index >= 15 is 0 Å². The first kappa shape index (κ1) is 16.3. The van der Waals surface area contributed by atoms with Crippen LogP contribution in [0.1, 0.15) is 17.5 Å². The van der Waals surface area contributed by atoms with Gasteiger partial charge < -0.3 is 10.4 Å². The van der Waals surface area contributed by atoms with Crippen molar-refractivity contribution in [3.05, 3.63) is 29.3 Å². The number of aliphatic carboxylic acids is 1. The fourth-order valence-electron chi connectivity index (χ4n) is 3.20. The number of aryl methyl sites for hydroxylation is 1. The number of anilines is 1. The topological polar surface area (TPSA) is 86.7 Å². The van der Waals surface area contributed by atoms with Crippen LogP contribution in [-0.2, 0) is 27.2 Å². The molecule has 2 aliphatic rings. The van der Waals surface area contributed by atoms with Crippen LogP contribution in [0.5, 0.6) is 0 Å². The van der Waals surface area contributed by atoms with Gasteiger partial charge in [0.05, 0.1) is 5.69 Å². The lowest BCUT2D eigenvalue weighted by atomic mass is 10.0. The minimum Gasteiger partial charge on any atom is -0.480 e. The third kappa shape index (κ3) is 2.59. The van der Waals surface area contributed by atoms with Gasteiger partial charge >= 0.3 is 18.1 Å². The Balaban J connectivity index is 1.97. The van der Waals surface area contributed by atoms with Crippen molar-refractivity contribution in [1.29, 1.82) is 0 Å². The van der Waals surface area contributed by atoms with Crippen molar-refractivity contribution >= 4 is 23.5 Å². The average Bonchev–Trinajstić information content (AvgIpc) is 2.83. The molecule has 2 amide bonds. The second-order valence-electron chi connectivity index (χ2n) is 5.75. The number of hydrogen-bond donors (Lipinski definition) is 2. The molecule has 6 nitrogen and oxygen atoms in total. The van der Waals surface area contributed by atoms with Gasteiger partial charge in [-0.1, -0.05) is 18.2 Å². The first-order valence-corrected chi connectivity index (χ1v) is 7.24. The van der Waals surface area contributed by atoms with Crippen molar-refractivity contribution in [2.45, 2.75) is 37.5 Å². The zero-order valence-electron chi connectivity index (χ0n) is 12.3. The van der Waals surface area contributed by atoms with Crippen molar-refractivity contribution in [2.75, 3.05) is 4.90 Å². The number of para-hydroxylation sites is 1. The third-order valence-corrected chi connectivity index (χ3v) is 4.25. The zero-order valence-corrected chi connectivity index (χ0v) is 12.3. The molecule has 2 aliphatic heterocycles. The van der Waals surface area contributed by atoms with Crippen LogP contribution in [0.15, 0.2) is 18.2 Å². The second kappa shape index (κ2) is 5.50. The Bertz CT molecular complexity index is 732. The van der Waals surface area contributed by atoms with Crippen molar-refractivity contribution in [2.24, 2.45) is 0 Å². The van der Waals surface area contributed by atoms with E-state index in [-0.39, 0.29) is 19.3 Å². The summed E-state index contributed by atoms with van der Waals surface area (Å²) < 4.78 is 37.4. The SMILES string of the molecule is O=C(O)C1Cc2cccc3c2N1C(=O)C(NC(=O)C(F)(F)F)CC3. The van der Waals surface area contributed by atoms with Crippen molar-refractivity contribution in [3.63, 3.8) is 0 Å². The number of rotatable bonds is 2. The molecule has 1 aromatic carbocycles. The number of carbonyl (C=O) groups excluding carboxylic acids is 2. The van der Waals surface area contributed by atoms with E-state index < -0.39 is 36.0 Å². The summed E-state index contributed by atoms with van der Waals surface area (Å²) in [7, 11) is 0. The van der Waals surface area contributed by atoms with Crippen LogP contribution in [0.25, 0.3) is 0 Å². The molecule has 0 aliphatic carbocycles. The van der Waals surface area contributed by atoms with Gasteiger partial charge in [-0.2, -0.15) is 13.2 Å². The Kier molecular flexibility index (Phi) is 3.73. The molecule has 9 heteroatoms. The van der Waals surface area contributed by atoms with Crippen LogP contribution < -0.4 is 10.2 Å². The van der Waals surface area contributed by atoms with E-state index in [1.54, 1.807) is 23.5 Å². The van der Waals surface area contributed by atoms with Crippen LogP contribution in [0.4, 0.5) is 18.9 Å². The Labute approximate surface area is 134 Å². The minimum absolute atomic E-state index is 0.0278. The van der Waals surface area contributed by atoms with E-state index in [4.69, 9.17) is 0 Å². The number of carboxylic acid groups (broad SMARTS) is 1. The highest BCUT2D eigenvalue weighted by Crippen LogP contribution is 2.39. The van der Waals surface area contributed by atoms with E-state index in [1.165, 1.54) is 0 Å². The smallest absolute Gasteiger partial charge is 0.471 e. The highest BCUT2D eigenvalue weighted by atomic mass is 19.4. The molecule has 0 aromatic heterocycles. The summed E-state index contributed by atoms with van der Waals surface area (Å²) in [5.74, 6) is -4.28. The van der Waals surface area contributed by atoms with E-state index in [0.29, 0.717) is 16.8 Å². The number of carboxylic acids is 1. The van der Waals surface area contributed by atoms with Crippen LogP contribution >= 0.6 is 0 Å². The standard InChI is InChI=1S/C15H13F3N2O4/c16-15(17,18)14(24)19-9-5-4-7-2-1-3-8-6-10(13(22)23)20(11(7)8)12(9)21/h1-3,9-10H,4-6H2,(H,19,24)(H,22,23). The summed E-state index contributed by atoms with van der Waals surface area (Å²) in [6, 6.07) is 2.51. The van der Waals surface area contributed by atoms with Crippen molar-refractivity contribution < 1.29 is 32.7 Å². The van der Waals surface area contributed by atoms with E-state index in [2.05, 4.69) is 0 Å². The van der Waals surface area contributed by atoms with Gasteiger partial charge in [-0.05, 0) is 24.0 Å². The quantitative estimate of drug-likeness (QED) is 0.840. The van der Waals surface area contributed by atoms with Gasteiger partial charge in [0, 0.05) is 6.42 Å². The maximum atomic E-state index is 12.6. The number of nitrogens with zero attached hydrogens (tertiary/aromatic N) is 1. The maximum absolute atomic E-state index is 12.6. The monoisotopic (exact) mass is 342 g/mol. The maximum Gasteiger partial charge on any atom is 0.471 e. The molecular weight excluding hydrogens is 329 g/mol. The molecule has 2 atom stereocenters. The van der Waals surface area contributed by atoms with Gasteiger partial charge in [0.1, 0.15) is 12.1 Å². The van der Waals surface area contributed by atoms with Crippen molar-refractivity contribution in [1.82, 2.24) is 5.32 Å². The summed E-state index contributed by atoms with van der Waals surface area (Å²) in [5.41, 5.74) is 1.79. The highest BCUT2D eigenvalue weighted by molar-refractivity contribution is 6.06. The van der Waals surface area contributed by atoms with Gasteiger partial charge in [-0.15, -0.1) is 0 Å². The molecule has 0 bridgehead atoms. The normalized spacial score (nSPS) is 22.8. The lowest BCUT2D eigenvalue weighted by Gasteiger charge is -2.26. The molecule has 0 spiro atoms. The van der Waals surface area contributed by atoms with Crippen LogP contribution in [-0.4, -0.2) is 41.2 Å². The van der Waals surface area contributed by atoms with E-state index in [0.717, 1.165) is 4.90 Å². The zero-order chi connectivity index (χ0) is 17.6. The Morgan fingerprint density at radius 2 is 1.92 bits per heavy atom. The van der Waals surface area contributed by atoms with Gasteiger partial charge in [-0.3, -0.25) is 14.5 Å². The molecule has 2 N–H and O–H groups in total. The van der Waals surface area contributed by atoms with Gasteiger partial charge in [-0.25, -0.2) is 4.79 Å². The van der Waals surface area contributed by atoms with Gasteiger partial charge in [0.15, 0.2) is 0 Å². The van der Waals surface area contributed by atoms with Gasteiger partial charge in [0.2, 0.25) is 5.91 Å². The summed E-state index contributed by atoms with van der Waals surface area (Å²) in [4.78, 5) is 36.3. The summed E-state index contributed by atoms with van der Waals surface area (Å²) in [6.45, 7) is 0. The van der Waals surface area contributed by atoms with Crippen LogP contribution in [0.2, 0.25) is 0 Å². The Morgan fingerprint density at radius 3 is 2.54 bits per heavy atom. The van der Waals surface area contributed by atoms with E-state index in [1.807, 2.05) is 0 Å². The first-order valence-electron chi connectivity index (χ1n) is 7.24. The lowest BCUT2D eigenvalue weighted by molar-refractivity contribution is -0.174. The van der Waals surface area contributed by atoms with Crippen molar-refractivity contribution in [3.8, 4) is 0 Å². The number of nitrogens with one attached hydrogen (secondary N) is 1. The third-order valence-electron chi connectivity index (χ3n) is 4.25. The molecule has 24 heavy (non-hydrogen) atoms. The number of halogens is 3. The highest BCUT2D eigenvalue weighted by Gasteiger charge is 2.46. The summed E-state index contributed by atoms with van der Waals surface area (Å²) in [6.07, 6.45) is -4.79. The largest absolute Gasteiger partial charge is 0.480 e.